The molecule has 0 aliphatic heterocycles. The minimum atomic E-state index is -1.59. The van der Waals surface area contributed by atoms with Crippen molar-refractivity contribution in [1.29, 1.82) is 0 Å². The van der Waals surface area contributed by atoms with Crippen LogP contribution in [0.1, 0.15) is 20.7 Å². The van der Waals surface area contributed by atoms with E-state index in [9.17, 15) is 14.7 Å². The second-order valence-electron chi connectivity index (χ2n) is 3.03. The van der Waals surface area contributed by atoms with Gasteiger partial charge in [0.1, 0.15) is 6.10 Å². The fraction of sp³-hybridized carbons (Fsp3) is 0.200. The molecule has 1 unspecified atom stereocenters. The van der Waals surface area contributed by atoms with E-state index >= 15 is 0 Å². The molecule has 0 spiro atoms. The lowest BCUT2D eigenvalue weighted by molar-refractivity contribution is 0.0575. The van der Waals surface area contributed by atoms with Crippen molar-refractivity contribution in [3.05, 3.63) is 32.9 Å². The Hall–Kier alpha value is -0.990. The Kier molecular flexibility index (Phi) is 4.39. The normalized spacial score (nSPS) is 12.2. The smallest absolute Gasteiger partial charge is 0.337 e. The molecule has 0 aliphatic carbocycles. The van der Waals surface area contributed by atoms with E-state index < -0.39 is 24.5 Å². The number of Topliss-reactive ketones (excluding diaryl/α,β-unsaturated/α-hetero) is 1. The van der Waals surface area contributed by atoms with Gasteiger partial charge in [-0.15, -0.1) is 0 Å². The van der Waals surface area contributed by atoms with Gasteiger partial charge in [-0.05, 0) is 28.7 Å². The van der Waals surface area contributed by atoms with Gasteiger partial charge in [0.15, 0.2) is 5.78 Å². The molecule has 3 N–H and O–H groups in total. The van der Waals surface area contributed by atoms with E-state index in [0.717, 1.165) is 0 Å². The Bertz CT molecular complexity index is 429. The molecule has 0 aromatic heterocycles. The van der Waals surface area contributed by atoms with E-state index in [4.69, 9.17) is 10.2 Å². The molecule has 1 aromatic carbocycles. The Morgan fingerprint density at radius 1 is 1.38 bits per heavy atom. The summed E-state index contributed by atoms with van der Waals surface area (Å²) in [6, 6.07) is 4.38. The number of carbonyl (C=O) groups is 2. The maximum Gasteiger partial charge on any atom is 0.337 e. The van der Waals surface area contributed by atoms with Crippen LogP contribution in [-0.4, -0.2) is 39.8 Å². The predicted octanol–water partition coefficient (Wildman–Crippen LogP) is 0.525. The number of aromatic carboxylic acids is 1. The van der Waals surface area contributed by atoms with Gasteiger partial charge in [-0.25, -0.2) is 4.79 Å². The van der Waals surface area contributed by atoms with Crippen molar-refractivity contribution in [2.24, 2.45) is 0 Å². The maximum absolute atomic E-state index is 11.6. The number of carboxylic acids is 1. The summed E-state index contributed by atoms with van der Waals surface area (Å²) in [6.07, 6.45) is -1.59. The Labute approximate surface area is 105 Å². The van der Waals surface area contributed by atoms with Crippen LogP contribution in [0.2, 0.25) is 0 Å². The molecule has 16 heavy (non-hydrogen) atoms. The van der Waals surface area contributed by atoms with Crippen LogP contribution in [-0.2, 0) is 0 Å². The molecule has 0 saturated heterocycles. The quantitative estimate of drug-likeness (QED) is 0.551. The summed E-state index contributed by atoms with van der Waals surface area (Å²) in [6.45, 7) is -0.733. The lowest BCUT2D eigenvalue weighted by atomic mass is 10.0. The second kappa shape index (κ2) is 5.37. The lowest BCUT2D eigenvalue weighted by Crippen LogP contribution is -2.26. The molecule has 86 valence electrons. The zero-order valence-corrected chi connectivity index (χ0v) is 10.2. The number of halogens is 1. The minimum Gasteiger partial charge on any atom is -0.478 e. The van der Waals surface area contributed by atoms with E-state index in [0.29, 0.717) is 3.57 Å². The number of hydrogen-bond acceptors (Lipinski definition) is 4. The SMILES string of the molecule is O=C(O)c1c(I)cccc1C(=O)C(O)CO. The summed E-state index contributed by atoms with van der Waals surface area (Å²) in [7, 11) is 0. The minimum absolute atomic E-state index is 0.0963. The van der Waals surface area contributed by atoms with E-state index in [2.05, 4.69) is 0 Å². The molecule has 1 aromatic rings. The molecular weight excluding hydrogens is 327 g/mol. The predicted molar refractivity (Wildman–Crippen MR) is 63.5 cm³/mol. The van der Waals surface area contributed by atoms with Gasteiger partial charge in [0.2, 0.25) is 0 Å². The number of ketones is 1. The molecule has 0 aliphatic rings. The Morgan fingerprint density at radius 2 is 2.00 bits per heavy atom. The molecule has 1 rings (SSSR count). The number of rotatable bonds is 4. The molecule has 0 heterocycles. The van der Waals surface area contributed by atoms with Gasteiger partial charge in [-0.1, -0.05) is 12.1 Å². The average molecular weight is 336 g/mol. The molecule has 6 heteroatoms. The highest BCUT2D eigenvalue weighted by Crippen LogP contribution is 2.18. The van der Waals surface area contributed by atoms with Crippen LogP contribution in [0, 0.1) is 3.57 Å². The topological polar surface area (TPSA) is 94.8 Å². The van der Waals surface area contributed by atoms with Crippen molar-refractivity contribution < 1.29 is 24.9 Å². The summed E-state index contributed by atoms with van der Waals surface area (Å²) in [4.78, 5) is 22.5. The van der Waals surface area contributed by atoms with E-state index in [1.165, 1.54) is 12.1 Å². The third-order valence-electron chi connectivity index (χ3n) is 1.97. The van der Waals surface area contributed by atoms with Crippen molar-refractivity contribution >= 4 is 34.3 Å². The van der Waals surface area contributed by atoms with Crippen LogP contribution in [0.5, 0.6) is 0 Å². The van der Waals surface area contributed by atoms with Crippen LogP contribution in [0.3, 0.4) is 0 Å². The van der Waals surface area contributed by atoms with E-state index in [-0.39, 0.29) is 11.1 Å². The Balaban J connectivity index is 3.28. The van der Waals surface area contributed by atoms with Gasteiger partial charge in [0.05, 0.1) is 12.2 Å². The van der Waals surface area contributed by atoms with Crippen molar-refractivity contribution in [3.8, 4) is 0 Å². The van der Waals surface area contributed by atoms with E-state index in [1.54, 1.807) is 28.7 Å². The van der Waals surface area contributed by atoms with Crippen LogP contribution in [0.4, 0.5) is 0 Å². The first-order valence-corrected chi connectivity index (χ1v) is 5.41. The van der Waals surface area contributed by atoms with E-state index in [1.807, 2.05) is 0 Å². The maximum atomic E-state index is 11.6. The molecule has 1 atom stereocenters. The van der Waals surface area contributed by atoms with Gasteiger partial charge < -0.3 is 15.3 Å². The van der Waals surface area contributed by atoms with Crippen molar-refractivity contribution in [1.82, 2.24) is 0 Å². The molecule has 0 saturated carbocycles. The third-order valence-corrected chi connectivity index (χ3v) is 2.87. The fourth-order valence-corrected chi connectivity index (χ4v) is 1.94. The van der Waals surface area contributed by atoms with Gasteiger partial charge >= 0.3 is 5.97 Å². The zero-order chi connectivity index (χ0) is 12.3. The summed E-state index contributed by atoms with van der Waals surface area (Å²) in [5.74, 6) is -2.03. The molecule has 5 nitrogen and oxygen atoms in total. The summed E-state index contributed by atoms with van der Waals surface area (Å²) < 4.78 is 0.404. The number of hydrogen-bond donors (Lipinski definition) is 3. The average Bonchev–Trinajstić information content (AvgIpc) is 2.26. The summed E-state index contributed by atoms with van der Waals surface area (Å²) in [5, 5.41) is 26.8. The van der Waals surface area contributed by atoms with Crippen LogP contribution < -0.4 is 0 Å². The van der Waals surface area contributed by atoms with Gasteiger partial charge in [-0.2, -0.15) is 0 Å². The number of aliphatic hydroxyl groups excluding tert-OH is 2. The fourth-order valence-electron chi connectivity index (χ4n) is 1.21. The van der Waals surface area contributed by atoms with Crippen LogP contribution >= 0.6 is 22.6 Å². The number of benzene rings is 1. The molecular formula is C10H9IO5. The van der Waals surface area contributed by atoms with Gasteiger partial charge in [0.25, 0.3) is 0 Å². The largest absolute Gasteiger partial charge is 0.478 e. The van der Waals surface area contributed by atoms with Crippen molar-refractivity contribution in [2.45, 2.75) is 6.10 Å². The standard InChI is InChI=1S/C10H9IO5/c11-6-3-1-2-5(8(6)10(15)16)9(14)7(13)4-12/h1-3,7,12-13H,4H2,(H,15,16). The first kappa shape index (κ1) is 13.1. The lowest BCUT2D eigenvalue weighted by Gasteiger charge is -2.09. The summed E-state index contributed by atoms with van der Waals surface area (Å²) in [5.41, 5.74) is -0.249. The number of aliphatic hydroxyl groups is 2. The number of carboxylic acid groups (broad SMARTS) is 1. The Morgan fingerprint density at radius 3 is 2.50 bits per heavy atom. The highest BCUT2D eigenvalue weighted by Gasteiger charge is 2.23. The third kappa shape index (κ3) is 2.57. The zero-order valence-electron chi connectivity index (χ0n) is 8.05. The first-order valence-electron chi connectivity index (χ1n) is 4.34. The number of carbonyl (C=O) groups excluding carboxylic acids is 1. The van der Waals surface area contributed by atoms with Gasteiger partial charge in [0, 0.05) is 9.13 Å². The van der Waals surface area contributed by atoms with Crippen molar-refractivity contribution in [3.63, 3.8) is 0 Å². The first-order chi connectivity index (χ1) is 7.49. The summed E-state index contributed by atoms with van der Waals surface area (Å²) >= 11 is 1.79. The highest BCUT2D eigenvalue weighted by atomic mass is 127. The van der Waals surface area contributed by atoms with Crippen LogP contribution in [0.25, 0.3) is 0 Å². The monoisotopic (exact) mass is 336 g/mol. The molecule has 0 fully saturated rings. The highest BCUT2D eigenvalue weighted by molar-refractivity contribution is 14.1. The van der Waals surface area contributed by atoms with Crippen LogP contribution in [0.15, 0.2) is 18.2 Å². The second-order valence-corrected chi connectivity index (χ2v) is 4.19. The van der Waals surface area contributed by atoms with Crippen molar-refractivity contribution in [2.75, 3.05) is 6.61 Å². The molecule has 0 radical (unpaired) electrons. The van der Waals surface area contributed by atoms with Gasteiger partial charge in [-0.3, -0.25) is 4.79 Å². The molecule has 0 bridgehead atoms. The molecule has 0 amide bonds.